The lowest BCUT2D eigenvalue weighted by molar-refractivity contribution is 0.0772. The molecule has 1 heterocycles. The zero-order chi connectivity index (χ0) is 13.7. The van der Waals surface area contributed by atoms with Gasteiger partial charge in [-0.3, -0.25) is 0 Å². The lowest BCUT2D eigenvalue weighted by atomic mass is 9.66. The first-order valence-electron chi connectivity index (χ1n) is 8.89. The number of hydrogen-bond acceptors (Lipinski definition) is 1. The molecular weight excluding hydrogens is 246 g/mol. The van der Waals surface area contributed by atoms with Gasteiger partial charge >= 0.3 is 0 Å². The van der Waals surface area contributed by atoms with Crippen LogP contribution in [-0.4, -0.2) is 13.2 Å². The van der Waals surface area contributed by atoms with Crippen molar-refractivity contribution in [1.29, 1.82) is 0 Å². The largest absolute Gasteiger partial charge is 0.327 e. The monoisotopic (exact) mass is 279 g/mol. The summed E-state index contributed by atoms with van der Waals surface area (Å²) in [5.74, 6) is 2.02. The normalized spacial score (nSPS) is 37.3. The van der Waals surface area contributed by atoms with Crippen LogP contribution in [-0.2, 0) is 0 Å². The zero-order valence-corrected chi connectivity index (χ0v) is 14.3. The summed E-state index contributed by atoms with van der Waals surface area (Å²) in [7, 11) is -1.29. The highest BCUT2D eigenvalue weighted by Crippen LogP contribution is 2.69. The molecule has 1 saturated heterocycles. The number of hydrogen-bond donors (Lipinski definition) is 1. The third-order valence-electron chi connectivity index (χ3n) is 7.55. The lowest BCUT2D eigenvalue weighted by Gasteiger charge is -2.62. The van der Waals surface area contributed by atoms with Crippen molar-refractivity contribution in [3.05, 3.63) is 0 Å². The first-order valence-corrected chi connectivity index (χ1v) is 11.5. The van der Waals surface area contributed by atoms with Crippen molar-refractivity contribution in [2.24, 2.45) is 23.0 Å². The lowest BCUT2D eigenvalue weighted by Crippen LogP contribution is -2.75. The summed E-state index contributed by atoms with van der Waals surface area (Å²) >= 11 is 0. The van der Waals surface area contributed by atoms with Crippen LogP contribution in [0.25, 0.3) is 0 Å². The maximum atomic E-state index is 7.38. The molecule has 2 N–H and O–H groups in total. The van der Waals surface area contributed by atoms with E-state index in [1.165, 1.54) is 63.1 Å². The first kappa shape index (κ1) is 14.1. The van der Waals surface area contributed by atoms with E-state index in [2.05, 4.69) is 20.8 Å². The Morgan fingerprint density at radius 2 is 1.53 bits per heavy atom. The Balaban J connectivity index is 2.07. The average Bonchev–Trinajstić information content (AvgIpc) is 3.31. The summed E-state index contributed by atoms with van der Waals surface area (Å²) in [6, 6.07) is 4.37. The van der Waals surface area contributed by atoms with Gasteiger partial charge < -0.3 is 5.73 Å². The van der Waals surface area contributed by atoms with E-state index in [4.69, 9.17) is 5.73 Å². The van der Waals surface area contributed by atoms with E-state index in [-0.39, 0.29) is 5.16 Å². The standard InChI is InChI=1S/C17H33NSi/c1-4-17(18)16(14-8-9-14,15-10-11-15)12-7-13-19(17,5-2)6-3/h14-15H,4-13,18H2,1-3H3. The molecule has 2 aliphatic carbocycles. The fourth-order valence-electron chi connectivity index (χ4n) is 6.26. The molecule has 1 aliphatic heterocycles. The second kappa shape index (κ2) is 4.59. The predicted molar refractivity (Wildman–Crippen MR) is 85.8 cm³/mol. The molecule has 0 aromatic rings. The van der Waals surface area contributed by atoms with Gasteiger partial charge in [-0.15, -0.1) is 0 Å². The minimum absolute atomic E-state index is 0.254. The molecule has 1 nitrogen and oxygen atoms in total. The fraction of sp³-hybridized carbons (Fsp3) is 1.00. The quantitative estimate of drug-likeness (QED) is 0.724. The molecule has 1 unspecified atom stereocenters. The summed E-state index contributed by atoms with van der Waals surface area (Å²) < 4.78 is 0. The van der Waals surface area contributed by atoms with Gasteiger partial charge in [0.15, 0.2) is 0 Å². The Hall–Kier alpha value is 0.177. The van der Waals surface area contributed by atoms with E-state index in [1.54, 1.807) is 0 Å². The smallest absolute Gasteiger partial charge is 0.0764 e. The van der Waals surface area contributed by atoms with Crippen molar-refractivity contribution >= 4 is 8.07 Å². The molecule has 0 radical (unpaired) electrons. The minimum Gasteiger partial charge on any atom is -0.327 e. The van der Waals surface area contributed by atoms with E-state index in [0.29, 0.717) is 5.41 Å². The van der Waals surface area contributed by atoms with Crippen molar-refractivity contribution in [3.63, 3.8) is 0 Å². The van der Waals surface area contributed by atoms with Gasteiger partial charge in [-0.2, -0.15) is 0 Å². The molecular formula is C17H33NSi. The molecule has 19 heavy (non-hydrogen) atoms. The van der Waals surface area contributed by atoms with Crippen LogP contribution < -0.4 is 5.73 Å². The molecule has 1 atom stereocenters. The molecule has 110 valence electrons. The number of rotatable bonds is 5. The van der Waals surface area contributed by atoms with E-state index < -0.39 is 8.07 Å². The predicted octanol–water partition coefficient (Wildman–Crippen LogP) is 4.72. The molecule has 3 fully saturated rings. The SMILES string of the molecule is CCC1(N)C(C2CC2)(C2CC2)CCC[Si]1(CC)CC. The van der Waals surface area contributed by atoms with E-state index in [1.807, 2.05) is 0 Å². The number of nitrogens with two attached hydrogens (primary N) is 1. The topological polar surface area (TPSA) is 26.0 Å². The Kier molecular flexibility index (Phi) is 3.41. The summed E-state index contributed by atoms with van der Waals surface area (Å²) in [6.07, 6.45) is 10.2. The van der Waals surface area contributed by atoms with E-state index >= 15 is 0 Å². The van der Waals surface area contributed by atoms with Gasteiger partial charge in [-0.25, -0.2) is 0 Å². The Morgan fingerprint density at radius 1 is 1.00 bits per heavy atom. The second-order valence-electron chi connectivity index (χ2n) is 7.75. The minimum atomic E-state index is -1.29. The molecule has 0 aromatic carbocycles. The molecule has 0 amide bonds. The Bertz CT molecular complexity index is 329. The molecule has 3 rings (SSSR count). The van der Waals surface area contributed by atoms with Crippen molar-refractivity contribution in [3.8, 4) is 0 Å². The van der Waals surface area contributed by atoms with E-state index in [0.717, 1.165) is 11.8 Å². The van der Waals surface area contributed by atoms with Crippen LogP contribution in [0.4, 0.5) is 0 Å². The van der Waals surface area contributed by atoms with Crippen LogP contribution in [0.15, 0.2) is 0 Å². The molecule has 2 heteroatoms. The van der Waals surface area contributed by atoms with Crippen LogP contribution in [0.2, 0.25) is 18.1 Å². The van der Waals surface area contributed by atoms with Gasteiger partial charge in [0.05, 0.1) is 8.07 Å². The molecule has 0 aromatic heterocycles. The summed E-state index contributed by atoms with van der Waals surface area (Å²) in [4.78, 5) is 0. The highest BCUT2D eigenvalue weighted by atomic mass is 28.3. The molecule has 2 saturated carbocycles. The van der Waals surface area contributed by atoms with Gasteiger partial charge in [0.2, 0.25) is 0 Å². The highest BCUT2D eigenvalue weighted by molar-refractivity contribution is 6.83. The average molecular weight is 280 g/mol. The van der Waals surface area contributed by atoms with Crippen molar-refractivity contribution in [1.82, 2.24) is 0 Å². The van der Waals surface area contributed by atoms with Crippen molar-refractivity contribution in [2.75, 3.05) is 0 Å². The maximum Gasteiger partial charge on any atom is 0.0764 e. The molecule has 3 aliphatic rings. The summed E-state index contributed by atoms with van der Waals surface area (Å²) in [5, 5.41) is 0.254. The fourth-order valence-corrected chi connectivity index (χ4v) is 12.3. The Labute approximate surface area is 120 Å². The van der Waals surface area contributed by atoms with Gasteiger partial charge in [0, 0.05) is 5.16 Å². The second-order valence-corrected chi connectivity index (χ2v) is 13.1. The van der Waals surface area contributed by atoms with Crippen LogP contribution in [0.3, 0.4) is 0 Å². The zero-order valence-electron chi connectivity index (χ0n) is 13.3. The van der Waals surface area contributed by atoms with Crippen LogP contribution in [0.5, 0.6) is 0 Å². The third-order valence-corrected chi connectivity index (χ3v) is 14.3. The highest BCUT2D eigenvalue weighted by Gasteiger charge is 2.69. The van der Waals surface area contributed by atoms with Gasteiger partial charge in [-0.1, -0.05) is 45.3 Å². The third kappa shape index (κ3) is 1.68. The van der Waals surface area contributed by atoms with Crippen LogP contribution >= 0.6 is 0 Å². The van der Waals surface area contributed by atoms with Gasteiger partial charge in [0.1, 0.15) is 0 Å². The van der Waals surface area contributed by atoms with Crippen LogP contribution in [0, 0.1) is 17.3 Å². The van der Waals surface area contributed by atoms with Gasteiger partial charge in [0.25, 0.3) is 0 Å². The van der Waals surface area contributed by atoms with Gasteiger partial charge in [-0.05, 0) is 55.8 Å². The maximum absolute atomic E-state index is 7.38. The first-order chi connectivity index (χ1) is 9.10. The van der Waals surface area contributed by atoms with E-state index in [9.17, 15) is 0 Å². The molecule has 0 bridgehead atoms. The van der Waals surface area contributed by atoms with Crippen molar-refractivity contribution < 1.29 is 0 Å². The summed E-state index contributed by atoms with van der Waals surface area (Å²) in [6.45, 7) is 7.34. The summed E-state index contributed by atoms with van der Waals surface area (Å²) in [5.41, 5.74) is 7.96. The molecule has 0 spiro atoms. The Morgan fingerprint density at radius 3 is 1.89 bits per heavy atom. The van der Waals surface area contributed by atoms with Crippen molar-refractivity contribution in [2.45, 2.75) is 89.0 Å². The van der Waals surface area contributed by atoms with Crippen LogP contribution in [0.1, 0.15) is 65.7 Å².